The quantitative estimate of drug-likeness (QED) is 0.657. The Labute approximate surface area is 76.0 Å². The first-order valence-electron chi connectivity index (χ1n) is 4.07. The smallest absolute Gasteiger partial charge is 0.0764 e. The van der Waals surface area contributed by atoms with Crippen LogP contribution in [0.15, 0.2) is 12.1 Å². The standard InChI is InChI=1S/C10H15OP/c1-6-4-7(2)10(12)5-9(6)8(3)11/h4-5,8,11H,12H2,1-3H3. The lowest BCUT2D eigenvalue weighted by molar-refractivity contribution is 0.198. The maximum absolute atomic E-state index is 9.41. The molecule has 0 spiro atoms. The van der Waals surface area contributed by atoms with Crippen molar-refractivity contribution in [1.29, 1.82) is 0 Å². The van der Waals surface area contributed by atoms with E-state index in [0.717, 1.165) is 16.4 Å². The van der Waals surface area contributed by atoms with Gasteiger partial charge in [-0.2, -0.15) is 0 Å². The Morgan fingerprint density at radius 2 is 1.83 bits per heavy atom. The van der Waals surface area contributed by atoms with Gasteiger partial charge in [-0.25, -0.2) is 0 Å². The third kappa shape index (κ3) is 1.85. The van der Waals surface area contributed by atoms with Crippen LogP contribution in [0.1, 0.15) is 29.7 Å². The maximum atomic E-state index is 9.41. The zero-order valence-electron chi connectivity index (χ0n) is 7.76. The first-order valence-corrected chi connectivity index (χ1v) is 4.64. The van der Waals surface area contributed by atoms with Gasteiger partial charge in [0.25, 0.3) is 0 Å². The molecule has 0 radical (unpaired) electrons. The number of rotatable bonds is 1. The molecule has 66 valence electrons. The zero-order valence-corrected chi connectivity index (χ0v) is 8.91. The van der Waals surface area contributed by atoms with Crippen molar-refractivity contribution in [3.63, 3.8) is 0 Å². The summed E-state index contributed by atoms with van der Waals surface area (Å²) in [7, 11) is 2.68. The van der Waals surface area contributed by atoms with E-state index in [9.17, 15) is 5.11 Å². The van der Waals surface area contributed by atoms with Crippen molar-refractivity contribution < 1.29 is 5.11 Å². The molecule has 0 aromatic heterocycles. The van der Waals surface area contributed by atoms with Gasteiger partial charge in [0, 0.05) is 0 Å². The van der Waals surface area contributed by atoms with Crippen LogP contribution in [-0.2, 0) is 0 Å². The molecule has 0 aliphatic rings. The molecule has 12 heavy (non-hydrogen) atoms. The van der Waals surface area contributed by atoms with E-state index in [4.69, 9.17) is 0 Å². The summed E-state index contributed by atoms with van der Waals surface area (Å²) in [5, 5.41) is 10.6. The minimum Gasteiger partial charge on any atom is -0.389 e. The van der Waals surface area contributed by atoms with Crippen LogP contribution in [0.4, 0.5) is 0 Å². The summed E-state index contributed by atoms with van der Waals surface area (Å²) in [6.45, 7) is 5.89. The molecule has 1 nitrogen and oxygen atoms in total. The van der Waals surface area contributed by atoms with Gasteiger partial charge in [0.1, 0.15) is 0 Å². The van der Waals surface area contributed by atoms with Crippen LogP contribution in [0.5, 0.6) is 0 Å². The van der Waals surface area contributed by atoms with Crippen molar-refractivity contribution in [3.05, 3.63) is 28.8 Å². The summed E-state index contributed by atoms with van der Waals surface area (Å²) < 4.78 is 0. The largest absolute Gasteiger partial charge is 0.389 e. The van der Waals surface area contributed by atoms with Crippen LogP contribution >= 0.6 is 9.24 Å². The minimum absolute atomic E-state index is 0.370. The molecule has 0 heterocycles. The lowest BCUT2D eigenvalue weighted by Crippen LogP contribution is -2.04. The number of aliphatic hydroxyl groups excluding tert-OH is 1. The van der Waals surface area contributed by atoms with E-state index in [1.165, 1.54) is 5.56 Å². The highest BCUT2D eigenvalue weighted by molar-refractivity contribution is 7.27. The van der Waals surface area contributed by atoms with E-state index in [-0.39, 0.29) is 6.10 Å². The first-order chi connectivity index (χ1) is 5.52. The van der Waals surface area contributed by atoms with Gasteiger partial charge < -0.3 is 5.11 Å². The summed E-state index contributed by atoms with van der Waals surface area (Å²) in [6, 6.07) is 4.13. The fraction of sp³-hybridized carbons (Fsp3) is 0.400. The molecule has 1 N–H and O–H groups in total. The summed E-state index contributed by atoms with van der Waals surface area (Å²) in [4.78, 5) is 0. The topological polar surface area (TPSA) is 20.2 Å². The molecular weight excluding hydrogens is 167 g/mol. The second kappa shape index (κ2) is 3.55. The molecule has 0 saturated carbocycles. The van der Waals surface area contributed by atoms with Crippen LogP contribution in [0.25, 0.3) is 0 Å². The summed E-state index contributed by atoms with van der Waals surface area (Å²) >= 11 is 0. The van der Waals surface area contributed by atoms with Crippen LogP contribution in [0, 0.1) is 13.8 Å². The minimum atomic E-state index is -0.370. The Bertz CT molecular complexity index is 292. The maximum Gasteiger partial charge on any atom is 0.0764 e. The van der Waals surface area contributed by atoms with Crippen molar-refractivity contribution >= 4 is 14.5 Å². The van der Waals surface area contributed by atoms with Crippen LogP contribution in [0.2, 0.25) is 0 Å². The molecule has 0 aliphatic heterocycles. The normalized spacial score (nSPS) is 13.1. The number of benzene rings is 1. The average Bonchev–Trinajstić information content (AvgIpc) is 1.96. The van der Waals surface area contributed by atoms with Gasteiger partial charge in [0.2, 0.25) is 0 Å². The van der Waals surface area contributed by atoms with Gasteiger partial charge in [-0.1, -0.05) is 6.07 Å². The van der Waals surface area contributed by atoms with E-state index in [1.807, 2.05) is 13.0 Å². The van der Waals surface area contributed by atoms with E-state index in [1.54, 1.807) is 6.92 Å². The third-order valence-corrected chi connectivity index (χ3v) is 2.73. The molecule has 0 bridgehead atoms. The van der Waals surface area contributed by atoms with Gasteiger partial charge in [-0.3, -0.25) is 0 Å². The van der Waals surface area contributed by atoms with Crippen LogP contribution in [0.3, 0.4) is 0 Å². The molecule has 0 fully saturated rings. The molecule has 2 unspecified atom stereocenters. The predicted octanol–water partition coefficient (Wildman–Crippen LogP) is 1.86. The Morgan fingerprint density at radius 1 is 1.25 bits per heavy atom. The number of aliphatic hydroxyl groups is 1. The van der Waals surface area contributed by atoms with E-state index in [2.05, 4.69) is 22.2 Å². The second-order valence-corrected chi connectivity index (χ2v) is 3.86. The molecule has 2 heteroatoms. The van der Waals surface area contributed by atoms with E-state index >= 15 is 0 Å². The molecule has 1 aromatic carbocycles. The third-order valence-electron chi connectivity index (χ3n) is 2.10. The molecule has 0 saturated heterocycles. The van der Waals surface area contributed by atoms with E-state index < -0.39 is 0 Å². The summed E-state index contributed by atoms with van der Waals surface area (Å²) in [5.41, 5.74) is 3.43. The number of hydrogen-bond donors (Lipinski definition) is 1. The van der Waals surface area contributed by atoms with Crippen molar-refractivity contribution in [3.8, 4) is 0 Å². The SMILES string of the molecule is Cc1cc(C)c(C(C)O)cc1P. The molecule has 1 aromatic rings. The highest BCUT2D eigenvalue weighted by atomic mass is 31.0. The van der Waals surface area contributed by atoms with Gasteiger partial charge >= 0.3 is 0 Å². The predicted molar refractivity (Wildman–Crippen MR) is 55.9 cm³/mol. The molecular formula is C10H15OP. The molecule has 1 rings (SSSR count). The fourth-order valence-electron chi connectivity index (χ4n) is 1.34. The summed E-state index contributed by atoms with van der Waals surface area (Å²) in [5.74, 6) is 0. The fourth-order valence-corrected chi connectivity index (χ4v) is 1.60. The van der Waals surface area contributed by atoms with Crippen LogP contribution in [-0.4, -0.2) is 5.11 Å². The van der Waals surface area contributed by atoms with Gasteiger partial charge in [0.05, 0.1) is 6.10 Å². The van der Waals surface area contributed by atoms with Crippen molar-refractivity contribution in [2.24, 2.45) is 0 Å². The number of hydrogen-bond acceptors (Lipinski definition) is 1. The average molecular weight is 182 g/mol. The lowest BCUT2D eigenvalue weighted by atomic mass is 10.0. The Hall–Kier alpha value is -0.390. The molecule has 0 aliphatic carbocycles. The number of aryl methyl sites for hydroxylation is 2. The second-order valence-electron chi connectivity index (χ2n) is 3.24. The first kappa shape index (κ1) is 9.70. The van der Waals surface area contributed by atoms with Crippen molar-refractivity contribution in [1.82, 2.24) is 0 Å². The monoisotopic (exact) mass is 182 g/mol. The Morgan fingerprint density at radius 3 is 2.33 bits per heavy atom. The van der Waals surface area contributed by atoms with Gasteiger partial charge in [-0.15, -0.1) is 9.24 Å². The summed E-state index contributed by atoms with van der Waals surface area (Å²) in [6.07, 6.45) is -0.370. The van der Waals surface area contributed by atoms with Crippen molar-refractivity contribution in [2.45, 2.75) is 26.9 Å². The van der Waals surface area contributed by atoms with E-state index in [0.29, 0.717) is 0 Å². The molecule has 2 atom stereocenters. The van der Waals surface area contributed by atoms with Gasteiger partial charge in [-0.05, 0) is 48.8 Å². The van der Waals surface area contributed by atoms with Crippen molar-refractivity contribution in [2.75, 3.05) is 0 Å². The zero-order chi connectivity index (χ0) is 9.30. The van der Waals surface area contributed by atoms with Crippen LogP contribution < -0.4 is 5.30 Å². The Kier molecular flexibility index (Phi) is 2.87. The molecule has 0 amide bonds. The highest BCUT2D eigenvalue weighted by Gasteiger charge is 2.05. The lowest BCUT2D eigenvalue weighted by Gasteiger charge is -2.11. The Balaban J connectivity index is 3.23. The van der Waals surface area contributed by atoms with Gasteiger partial charge in [0.15, 0.2) is 0 Å². The highest BCUT2D eigenvalue weighted by Crippen LogP contribution is 2.17.